The van der Waals surface area contributed by atoms with Gasteiger partial charge in [0.2, 0.25) is 11.8 Å². The molecule has 2 aromatic carbocycles. The van der Waals surface area contributed by atoms with Crippen LogP contribution in [0.5, 0.6) is 11.5 Å². The van der Waals surface area contributed by atoms with Crippen LogP contribution in [0.1, 0.15) is 49.8 Å². The minimum Gasteiger partial charge on any atom is -0.497 e. The molecule has 0 bridgehead atoms. The number of nitrogens with zero attached hydrogens (tertiary/aromatic N) is 1. The third kappa shape index (κ3) is 4.83. The third-order valence-electron chi connectivity index (χ3n) is 6.92. The fourth-order valence-electron chi connectivity index (χ4n) is 5.32. The first-order chi connectivity index (χ1) is 15.8. The van der Waals surface area contributed by atoms with Gasteiger partial charge in [0.05, 0.1) is 32.0 Å². The molecule has 2 amide bonds. The number of carbonyl (C=O) groups excluding carboxylic acids is 2. The number of carbonyl (C=O) groups is 2. The van der Waals surface area contributed by atoms with Crippen molar-refractivity contribution in [3.05, 3.63) is 53.6 Å². The lowest BCUT2D eigenvalue weighted by Gasteiger charge is -2.34. The van der Waals surface area contributed by atoms with Gasteiger partial charge in [-0.2, -0.15) is 0 Å². The Morgan fingerprint density at radius 1 is 1.18 bits per heavy atom. The molecule has 0 unspecified atom stereocenters. The van der Waals surface area contributed by atoms with E-state index in [9.17, 15) is 9.59 Å². The zero-order valence-corrected chi connectivity index (χ0v) is 19.8. The van der Waals surface area contributed by atoms with Gasteiger partial charge in [-0.1, -0.05) is 18.2 Å². The monoisotopic (exact) mass is 451 g/mol. The number of fused-ring (bicyclic) bond motifs is 1. The van der Waals surface area contributed by atoms with E-state index in [2.05, 4.69) is 22.5 Å². The van der Waals surface area contributed by atoms with Crippen LogP contribution < -0.4 is 20.1 Å². The Hall–Kier alpha value is -3.06. The number of rotatable bonds is 6. The van der Waals surface area contributed by atoms with Gasteiger partial charge in [-0.25, -0.2) is 0 Å². The van der Waals surface area contributed by atoms with Gasteiger partial charge in [-0.05, 0) is 68.5 Å². The molecule has 7 nitrogen and oxygen atoms in total. The third-order valence-corrected chi connectivity index (χ3v) is 6.92. The maximum Gasteiger partial charge on any atom is 0.238 e. The van der Waals surface area contributed by atoms with Crippen LogP contribution >= 0.6 is 0 Å². The van der Waals surface area contributed by atoms with E-state index in [0.717, 1.165) is 36.1 Å². The van der Waals surface area contributed by atoms with Crippen molar-refractivity contribution in [2.24, 2.45) is 0 Å². The van der Waals surface area contributed by atoms with Crippen molar-refractivity contribution >= 4 is 17.5 Å². The van der Waals surface area contributed by atoms with E-state index in [4.69, 9.17) is 9.47 Å². The lowest BCUT2D eigenvalue weighted by Crippen LogP contribution is -2.53. The Bertz CT molecular complexity index is 1020. The quantitative estimate of drug-likeness (QED) is 0.698. The van der Waals surface area contributed by atoms with Crippen molar-refractivity contribution in [2.45, 2.75) is 57.2 Å². The molecule has 2 aromatic rings. The summed E-state index contributed by atoms with van der Waals surface area (Å²) in [5, 5.41) is 6.30. The highest BCUT2D eigenvalue weighted by Crippen LogP contribution is 2.45. The van der Waals surface area contributed by atoms with E-state index in [1.165, 1.54) is 0 Å². The highest BCUT2D eigenvalue weighted by Gasteiger charge is 2.51. The molecule has 7 heteroatoms. The Morgan fingerprint density at radius 2 is 1.94 bits per heavy atom. The average molecular weight is 452 g/mol. The first kappa shape index (κ1) is 23.1. The summed E-state index contributed by atoms with van der Waals surface area (Å²) >= 11 is 0. The van der Waals surface area contributed by atoms with E-state index < -0.39 is 0 Å². The number of aryl methyl sites for hydroxylation is 1. The van der Waals surface area contributed by atoms with E-state index in [1.807, 2.05) is 49.4 Å². The number of ether oxygens (including phenoxy) is 2. The Labute approximate surface area is 195 Å². The molecule has 0 radical (unpaired) electrons. The van der Waals surface area contributed by atoms with Gasteiger partial charge in [0.15, 0.2) is 0 Å². The van der Waals surface area contributed by atoms with Gasteiger partial charge in [0.25, 0.3) is 0 Å². The number of nitrogens with one attached hydrogen (secondary N) is 2. The standard InChI is InChI=1S/C26H33N3O4/c1-17-8-13-22(33-4)20(14-17)27-25(31)16-29-21(18-9-11-19(32-3)12-10-18)15-26(2)23(29)6-5-7-24(30)28-26/h8-14,21,23H,5-7,15-16H2,1-4H3,(H,27,31)(H,28,30)/t21-,23-,26-/m0/s1. The van der Waals surface area contributed by atoms with Crippen molar-refractivity contribution in [1.29, 1.82) is 0 Å². The Balaban J connectivity index is 1.62. The SMILES string of the molecule is COc1ccc([C@@H]2C[C@]3(C)NC(=O)CCC[C@@H]3N2CC(=O)Nc2cc(C)ccc2OC)cc1. The van der Waals surface area contributed by atoms with Crippen LogP contribution in [-0.4, -0.2) is 49.1 Å². The molecule has 2 fully saturated rings. The summed E-state index contributed by atoms with van der Waals surface area (Å²) in [4.78, 5) is 27.9. The molecule has 3 atom stereocenters. The molecule has 0 saturated carbocycles. The first-order valence-corrected chi connectivity index (χ1v) is 11.5. The number of methoxy groups -OCH3 is 2. The smallest absolute Gasteiger partial charge is 0.238 e. The van der Waals surface area contributed by atoms with Gasteiger partial charge in [-0.15, -0.1) is 0 Å². The lowest BCUT2D eigenvalue weighted by atomic mass is 9.88. The number of benzene rings is 2. The fourth-order valence-corrected chi connectivity index (χ4v) is 5.32. The molecular formula is C26H33N3O4. The van der Waals surface area contributed by atoms with E-state index in [1.54, 1.807) is 14.2 Å². The minimum atomic E-state index is -0.389. The highest BCUT2D eigenvalue weighted by molar-refractivity contribution is 5.94. The van der Waals surface area contributed by atoms with Crippen molar-refractivity contribution < 1.29 is 19.1 Å². The van der Waals surface area contributed by atoms with Gasteiger partial charge in [-0.3, -0.25) is 14.5 Å². The van der Waals surface area contributed by atoms with Crippen LogP contribution in [0, 0.1) is 6.92 Å². The molecule has 4 rings (SSSR count). The summed E-state index contributed by atoms with van der Waals surface area (Å²) in [5.74, 6) is 1.41. The summed E-state index contributed by atoms with van der Waals surface area (Å²) in [7, 11) is 3.25. The minimum absolute atomic E-state index is 0.00876. The molecule has 176 valence electrons. The van der Waals surface area contributed by atoms with Crippen molar-refractivity contribution in [3.8, 4) is 11.5 Å². The maximum absolute atomic E-state index is 13.2. The lowest BCUT2D eigenvalue weighted by molar-refractivity contribution is -0.122. The number of amides is 2. The van der Waals surface area contributed by atoms with Crippen LogP contribution in [0.3, 0.4) is 0 Å². The number of anilines is 1. The van der Waals surface area contributed by atoms with Crippen LogP contribution in [0.4, 0.5) is 5.69 Å². The summed E-state index contributed by atoms with van der Waals surface area (Å²) in [6, 6.07) is 13.8. The van der Waals surface area contributed by atoms with Gasteiger partial charge in [0.1, 0.15) is 11.5 Å². The summed E-state index contributed by atoms with van der Waals surface area (Å²) in [6.07, 6.45) is 2.95. The summed E-state index contributed by atoms with van der Waals surface area (Å²) in [6.45, 7) is 4.32. The van der Waals surface area contributed by atoms with Crippen LogP contribution in [0.2, 0.25) is 0 Å². The van der Waals surface area contributed by atoms with Crippen molar-refractivity contribution in [3.63, 3.8) is 0 Å². The fraction of sp³-hybridized carbons (Fsp3) is 0.462. The summed E-state index contributed by atoms with van der Waals surface area (Å²) < 4.78 is 10.7. The van der Waals surface area contributed by atoms with Crippen LogP contribution in [-0.2, 0) is 9.59 Å². The molecule has 2 aliphatic heterocycles. The molecule has 33 heavy (non-hydrogen) atoms. The van der Waals surface area contributed by atoms with Gasteiger partial charge >= 0.3 is 0 Å². The first-order valence-electron chi connectivity index (χ1n) is 11.5. The molecule has 2 saturated heterocycles. The molecular weight excluding hydrogens is 418 g/mol. The normalized spacial score (nSPS) is 25.0. The largest absolute Gasteiger partial charge is 0.497 e. The van der Waals surface area contributed by atoms with Gasteiger partial charge in [0, 0.05) is 18.5 Å². The van der Waals surface area contributed by atoms with E-state index >= 15 is 0 Å². The molecule has 0 aliphatic carbocycles. The molecule has 0 spiro atoms. The van der Waals surface area contributed by atoms with E-state index in [0.29, 0.717) is 17.9 Å². The molecule has 2 aliphatic rings. The second kappa shape index (κ2) is 9.43. The topological polar surface area (TPSA) is 79.9 Å². The molecule has 0 aromatic heterocycles. The van der Waals surface area contributed by atoms with Crippen molar-refractivity contribution in [1.82, 2.24) is 10.2 Å². The molecule has 2 heterocycles. The van der Waals surface area contributed by atoms with Crippen molar-refractivity contribution in [2.75, 3.05) is 26.1 Å². The number of hydrogen-bond acceptors (Lipinski definition) is 5. The maximum atomic E-state index is 13.2. The zero-order chi connectivity index (χ0) is 23.6. The van der Waals surface area contributed by atoms with Crippen LogP contribution in [0.25, 0.3) is 0 Å². The van der Waals surface area contributed by atoms with Crippen LogP contribution in [0.15, 0.2) is 42.5 Å². The second-order valence-electron chi connectivity index (χ2n) is 9.29. The predicted molar refractivity (Wildman–Crippen MR) is 128 cm³/mol. The molecule has 2 N–H and O–H groups in total. The zero-order valence-electron chi connectivity index (χ0n) is 19.8. The number of likely N-dealkylation sites (tertiary alicyclic amines) is 1. The summed E-state index contributed by atoms with van der Waals surface area (Å²) in [5.41, 5.74) is 2.43. The highest BCUT2D eigenvalue weighted by atomic mass is 16.5. The van der Waals surface area contributed by atoms with E-state index in [-0.39, 0.29) is 36.0 Å². The Kier molecular flexibility index (Phi) is 6.61. The predicted octanol–water partition coefficient (Wildman–Crippen LogP) is 3.83. The Morgan fingerprint density at radius 3 is 2.64 bits per heavy atom. The van der Waals surface area contributed by atoms with Gasteiger partial charge < -0.3 is 20.1 Å². The average Bonchev–Trinajstić information content (AvgIpc) is 2.95. The second-order valence-corrected chi connectivity index (χ2v) is 9.29. The number of hydrogen-bond donors (Lipinski definition) is 2.